The summed E-state index contributed by atoms with van der Waals surface area (Å²) in [5.41, 5.74) is 6.24. The van der Waals surface area contributed by atoms with Crippen LogP contribution >= 0.6 is 11.8 Å². The summed E-state index contributed by atoms with van der Waals surface area (Å²) in [7, 11) is 0. The van der Waals surface area contributed by atoms with Crippen LogP contribution in [0.1, 0.15) is 140 Å². The van der Waals surface area contributed by atoms with Crippen molar-refractivity contribution in [2.75, 3.05) is 18.0 Å². The molecule has 6 N–H and O–H groups in total. The highest BCUT2D eigenvalue weighted by Crippen LogP contribution is 2.44. The molecule has 1 unspecified atom stereocenters. The topological polar surface area (TPSA) is 198 Å². The number of nitrogens with two attached hydrogens (primary N) is 1. The number of anilines is 1. The average molecular weight is 819 g/mol. The maximum absolute atomic E-state index is 14.5. The van der Waals surface area contributed by atoms with Gasteiger partial charge in [0.05, 0.1) is 11.4 Å². The molecule has 0 saturated carbocycles. The Balaban J connectivity index is 2.44. The van der Waals surface area contributed by atoms with Crippen LogP contribution in [-0.2, 0) is 38.9 Å². The fraction of sp³-hybridized carbons (Fsp3) is 0.714. The molecule has 15 heteroatoms. The van der Waals surface area contributed by atoms with E-state index in [1.807, 2.05) is 52.8 Å². The summed E-state index contributed by atoms with van der Waals surface area (Å²) in [5.74, 6) is -2.60. The number of aryl methyl sites for hydroxylation is 1. The van der Waals surface area contributed by atoms with Gasteiger partial charge in [-0.15, -0.1) is 11.8 Å². The van der Waals surface area contributed by atoms with Crippen LogP contribution in [0.2, 0.25) is 0 Å². The maximum Gasteiger partial charge on any atom is 0.407 e. The van der Waals surface area contributed by atoms with Crippen molar-refractivity contribution in [1.82, 2.24) is 21.3 Å². The highest BCUT2D eigenvalue weighted by atomic mass is 32.2. The monoisotopic (exact) mass is 818 g/mol. The predicted molar refractivity (Wildman–Crippen MR) is 226 cm³/mol. The van der Waals surface area contributed by atoms with Gasteiger partial charge in [0.2, 0.25) is 23.6 Å². The zero-order valence-electron chi connectivity index (χ0n) is 36.8. The van der Waals surface area contributed by atoms with E-state index < -0.39 is 63.9 Å². The summed E-state index contributed by atoms with van der Waals surface area (Å²) in [4.78, 5) is 80.8. The lowest BCUT2D eigenvalue weighted by atomic mass is 9.86. The first-order chi connectivity index (χ1) is 25.9. The number of carbonyl (C=O) groups is 6. The molecule has 322 valence electrons. The Hall–Kier alpha value is -3.85. The maximum atomic E-state index is 14.5. The summed E-state index contributed by atoms with van der Waals surface area (Å²) in [5, 5.41) is 11.6. The molecule has 1 heterocycles. The van der Waals surface area contributed by atoms with Gasteiger partial charge in [-0.1, -0.05) is 32.9 Å². The van der Waals surface area contributed by atoms with Crippen LogP contribution in [0.5, 0.6) is 0 Å². The number of nitrogens with zero attached hydrogens (tertiary/aromatic N) is 1. The predicted octanol–water partition coefficient (Wildman–Crippen LogP) is 5.51. The third-order valence-electron chi connectivity index (χ3n) is 9.14. The van der Waals surface area contributed by atoms with Crippen LogP contribution in [0, 0.1) is 6.92 Å². The van der Waals surface area contributed by atoms with E-state index >= 15 is 0 Å². The molecule has 0 aliphatic carbocycles. The Morgan fingerprint density at radius 2 is 1.51 bits per heavy atom. The molecule has 0 radical (unpaired) electrons. The van der Waals surface area contributed by atoms with Crippen molar-refractivity contribution >= 4 is 53.1 Å². The van der Waals surface area contributed by atoms with Crippen LogP contribution in [-0.4, -0.2) is 87.7 Å². The molecule has 5 amide bonds. The molecule has 1 aromatic carbocycles. The number of nitrogens with one attached hydrogen (secondary N) is 4. The van der Waals surface area contributed by atoms with E-state index in [1.165, 1.54) is 4.90 Å². The number of thioether (sulfide) groups is 1. The number of hydrogen-bond acceptors (Lipinski definition) is 10. The van der Waals surface area contributed by atoms with Gasteiger partial charge in [0.25, 0.3) is 0 Å². The normalized spacial score (nSPS) is 17.5. The van der Waals surface area contributed by atoms with Gasteiger partial charge in [0.1, 0.15) is 23.3 Å². The molecular weight excluding hydrogens is 749 g/mol. The van der Waals surface area contributed by atoms with Crippen molar-refractivity contribution in [2.24, 2.45) is 5.73 Å². The summed E-state index contributed by atoms with van der Waals surface area (Å²) in [6, 6.07) is 3.32. The number of rotatable bonds is 17. The minimum Gasteiger partial charge on any atom is -0.460 e. The van der Waals surface area contributed by atoms with E-state index in [0.717, 1.165) is 11.1 Å². The second-order valence-electron chi connectivity index (χ2n) is 19.0. The first-order valence-electron chi connectivity index (χ1n) is 19.9. The van der Waals surface area contributed by atoms with Crippen LogP contribution in [0.3, 0.4) is 0 Å². The highest BCUT2D eigenvalue weighted by molar-refractivity contribution is 8.02. The SMILES string of the molecule is Cc1ccc(C(C)(C)C)cc1N(C(=O)CNC(=O)C1NC(C)(C)SC1(C)C)[C@@H](CCC(=O)OC(C)(C)C)CC(=O)N[C@H](CCCCNC(=O)OC(C)(C)C)C(N)=O. The molecule has 14 nitrogen and oxygen atoms in total. The minimum absolute atomic E-state index is 0.0425. The van der Waals surface area contributed by atoms with Gasteiger partial charge in [-0.25, -0.2) is 4.79 Å². The Labute approximate surface area is 344 Å². The van der Waals surface area contributed by atoms with Crippen LogP contribution in [0.15, 0.2) is 18.2 Å². The number of primary amides is 1. The van der Waals surface area contributed by atoms with Crippen molar-refractivity contribution < 1.29 is 38.2 Å². The quantitative estimate of drug-likeness (QED) is 0.0988. The van der Waals surface area contributed by atoms with Crippen LogP contribution < -0.4 is 31.9 Å². The summed E-state index contributed by atoms with van der Waals surface area (Å²) >= 11 is 1.64. The van der Waals surface area contributed by atoms with E-state index in [9.17, 15) is 28.8 Å². The molecule has 1 fully saturated rings. The van der Waals surface area contributed by atoms with Crippen molar-refractivity contribution in [2.45, 2.75) is 180 Å². The summed E-state index contributed by atoms with van der Waals surface area (Å²) in [6.45, 7) is 26.5. The number of alkyl carbamates (subject to hydrolysis) is 1. The van der Waals surface area contributed by atoms with Gasteiger partial charge in [0, 0.05) is 35.9 Å². The molecule has 1 aromatic rings. The molecule has 1 saturated heterocycles. The number of carbonyl (C=O) groups excluding carboxylic acids is 6. The minimum atomic E-state index is -1.02. The Kier molecular flexibility index (Phi) is 17.1. The third kappa shape index (κ3) is 16.9. The zero-order valence-corrected chi connectivity index (χ0v) is 37.6. The molecular formula is C42H70N6O8S. The number of unbranched alkanes of at least 4 members (excludes halogenated alkanes) is 1. The third-order valence-corrected chi connectivity index (χ3v) is 10.5. The lowest BCUT2D eigenvalue weighted by molar-refractivity contribution is -0.155. The van der Waals surface area contributed by atoms with Crippen molar-refractivity contribution in [3.8, 4) is 0 Å². The lowest BCUT2D eigenvalue weighted by Gasteiger charge is -2.35. The smallest absolute Gasteiger partial charge is 0.407 e. The van der Waals surface area contributed by atoms with Gasteiger partial charge in [-0.2, -0.15) is 0 Å². The Morgan fingerprint density at radius 3 is 2.04 bits per heavy atom. The van der Waals surface area contributed by atoms with Crippen LogP contribution in [0.25, 0.3) is 0 Å². The first-order valence-corrected chi connectivity index (χ1v) is 20.7. The number of amides is 5. The number of hydrogen-bond donors (Lipinski definition) is 5. The van der Waals surface area contributed by atoms with Gasteiger partial charge >= 0.3 is 12.1 Å². The molecule has 0 spiro atoms. The zero-order chi connectivity index (χ0) is 43.7. The van der Waals surface area contributed by atoms with Crippen molar-refractivity contribution in [3.63, 3.8) is 0 Å². The van der Waals surface area contributed by atoms with E-state index in [-0.39, 0.29) is 48.4 Å². The molecule has 3 atom stereocenters. The van der Waals surface area contributed by atoms with Gasteiger partial charge in [-0.05, 0) is 124 Å². The van der Waals surface area contributed by atoms with Crippen molar-refractivity contribution in [1.29, 1.82) is 0 Å². The van der Waals surface area contributed by atoms with Gasteiger partial charge in [-0.3, -0.25) is 29.3 Å². The number of esters is 1. The van der Waals surface area contributed by atoms with E-state index in [1.54, 1.807) is 53.3 Å². The molecule has 2 rings (SSSR count). The average Bonchev–Trinajstić information content (AvgIpc) is 3.26. The second-order valence-corrected chi connectivity index (χ2v) is 21.2. The lowest BCUT2D eigenvalue weighted by Crippen LogP contribution is -2.55. The Bertz CT molecular complexity index is 1610. The number of benzene rings is 1. The van der Waals surface area contributed by atoms with E-state index in [4.69, 9.17) is 15.2 Å². The fourth-order valence-corrected chi connectivity index (χ4v) is 8.37. The summed E-state index contributed by atoms with van der Waals surface area (Å²) in [6.07, 6.45) is 0.259. The number of ether oxygens (including phenoxy) is 2. The molecule has 1 aliphatic heterocycles. The van der Waals surface area contributed by atoms with Crippen LogP contribution in [0.4, 0.5) is 10.5 Å². The largest absolute Gasteiger partial charge is 0.460 e. The van der Waals surface area contributed by atoms with Crippen molar-refractivity contribution in [3.05, 3.63) is 29.3 Å². The molecule has 0 aromatic heterocycles. The van der Waals surface area contributed by atoms with Gasteiger partial charge < -0.3 is 36.1 Å². The first kappa shape index (κ1) is 49.3. The van der Waals surface area contributed by atoms with E-state index in [2.05, 4.69) is 42.0 Å². The van der Waals surface area contributed by atoms with Gasteiger partial charge in [0.15, 0.2) is 0 Å². The molecule has 57 heavy (non-hydrogen) atoms. The highest BCUT2D eigenvalue weighted by Gasteiger charge is 2.48. The second kappa shape index (κ2) is 19.7. The Morgan fingerprint density at radius 1 is 0.895 bits per heavy atom. The molecule has 0 bridgehead atoms. The molecule has 1 aliphatic rings. The fourth-order valence-electron chi connectivity index (χ4n) is 6.60. The standard InChI is InChI=1S/C42H70N6O8S/c1-26-18-19-27(38(2,3)4)23-30(26)48(32(50)25-45-36(53)34-41(11,12)57-42(13,14)47-34)28(20-21-33(51)55-39(5,6)7)24-31(49)46-29(35(43)52)17-15-16-22-44-37(54)56-40(8,9)10/h18-19,23,28-29,34,47H,15-17,20-22,24-25H2,1-14H3,(H2,43,52)(H,44,54)(H,45,53)(H,46,49)/t28-,29+,34?/m0/s1. The van der Waals surface area contributed by atoms with E-state index in [0.29, 0.717) is 25.1 Å². The summed E-state index contributed by atoms with van der Waals surface area (Å²) < 4.78 is 10.4.